The average Bonchev–Trinajstić information content (AvgIpc) is 2.88. The molecule has 0 radical (unpaired) electrons. The van der Waals surface area contributed by atoms with Crippen LogP contribution in [0.3, 0.4) is 0 Å². The van der Waals surface area contributed by atoms with Gasteiger partial charge in [-0.2, -0.15) is 0 Å². The monoisotopic (exact) mass is 236 g/mol. The summed E-state index contributed by atoms with van der Waals surface area (Å²) in [5.41, 5.74) is 0.724. The molecule has 0 bridgehead atoms. The van der Waals surface area contributed by atoms with Crippen molar-refractivity contribution in [2.75, 3.05) is 0 Å². The molecule has 0 aliphatic heterocycles. The van der Waals surface area contributed by atoms with Crippen molar-refractivity contribution in [3.05, 3.63) is 0 Å². The molecule has 3 atom stereocenters. The highest BCUT2D eigenvalue weighted by molar-refractivity contribution is 5.03. The Morgan fingerprint density at radius 1 is 1.18 bits per heavy atom. The molecular weight excluding hydrogens is 204 g/mol. The lowest BCUT2D eigenvalue weighted by molar-refractivity contribution is -0.0286. The Balaban J connectivity index is 1.86. The Bertz CT molecular complexity index is 247. The van der Waals surface area contributed by atoms with Gasteiger partial charge in [-0.05, 0) is 60.7 Å². The van der Waals surface area contributed by atoms with E-state index in [0.29, 0.717) is 0 Å². The molecule has 2 saturated carbocycles. The largest absolute Gasteiger partial charge is 0.0654 e. The zero-order chi connectivity index (χ0) is 12.6. The normalized spacial score (nSPS) is 42.4. The van der Waals surface area contributed by atoms with Crippen molar-refractivity contribution in [2.24, 2.45) is 35.0 Å². The highest BCUT2D eigenvalue weighted by Gasteiger charge is 2.53. The molecular formula is C17H32. The van der Waals surface area contributed by atoms with Crippen LogP contribution in [0.25, 0.3) is 0 Å². The standard InChI is InChI=1S/C17H32/c1-6-7-13(4)9-17(12(2)3)10-15(11-17)16-8-14(16)5/h12-16H,6-11H2,1-5H3. The first-order valence-corrected chi connectivity index (χ1v) is 7.98. The fraction of sp³-hybridized carbons (Fsp3) is 1.00. The van der Waals surface area contributed by atoms with E-state index in [4.69, 9.17) is 0 Å². The maximum Gasteiger partial charge on any atom is -0.0266 e. The maximum atomic E-state index is 2.47. The van der Waals surface area contributed by atoms with Crippen LogP contribution in [0.5, 0.6) is 0 Å². The van der Waals surface area contributed by atoms with Crippen molar-refractivity contribution in [1.82, 2.24) is 0 Å². The van der Waals surface area contributed by atoms with Gasteiger partial charge in [0.25, 0.3) is 0 Å². The van der Waals surface area contributed by atoms with Crippen molar-refractivity contribution in [1.29, 1.82) is 0 Å². The third-order valence-corrected chi connectivity index (χ3v) is 5.88. The van der Waals surface area contributed by atoms with Crippen molar-refractivity contribution < 1.29 is 0 Å². The van der Waals surface area contributed by atoms with Gasteiger partial charge in [0.15, 0.2) is 0 Å². The summed E-state index contributed by atoms with van der Waals surface area (Å²) in [5, 5.41) is 0. The summed E-state index contributed by atoms with van der Waals surface area (Å²) in [6.45, 7) is 12.2. The first-order valence-electron chi connectivity index (χ1n) is 7.98. The van der Waals surface area contributed by atoms with E-state index in [9.17, 15) is 0 Å². The quantitative estimate of drug-likeness (QED) is 0.569. The van der Waals surface area contributed by atoms with E-state index in [-0.39, 0.29) is 0 Å². The maximum absolute atomic E-state index is 2.47. The summed E-state index contributed by atoms with van der Waals surface area (Å²) in [6, 6.07) is 0. The molecule has 0 aromatic heterocycles. The number of rotatable bonds is 6. The lowest BCUT2D eigenvalue weighted by Gasteiger charge is -2.53. The van der Waals surface area contributed by atoms with Gasteiger partial charge in [0.2, 0.25) is 0 Å². The average molecular weight is 236 g/mol. The molecule has 17 heavy (non-hydrogen) atoms. The molecule has 0 spiro atoms. The summed E-state index contributed by atoms with van der Waals surface area (Å²) in [6.07, 6.45) is 8.91. The third kappa shape index (κ3) is 2.71. The molecule has 0 saturated heterocycles. The third-order valence-electron chi connectivity index (χ3n) is 5.88. The minimum absolute atomic E-state index is 0.724. The van der Waals surface area contributed by atoms with Crippen LogP contribution in [0.4, 0.5) is 0 Å². The Kier molecular flexibility index (Phi) is 3.90. The van der Waals surface area contributed by atoms with Gasteiger partial charge in [-0.3, -0.25) is 0 Å². The summed E-state index contributed by atoms with van der Waals surface area (Å²) in [7, 11) is 0. The minimum Gasteiger partial charge on any atom is -0.0654 e. The highest BCUT2D eigenvalue weighted by Crippen LogP contribution is 2.62. The Morgan fingerprint density at radius 2 is 1.76 bits per heavy atom. The second-order valence-corrected chi connectivity index (χ2v) is 7.66. The van der Waals surface area contributed by atoms with Crippen LogP contribution in [0.1, 0.15) is 73.1 Å². The van der Waals surface area contributed by atoms with E-state index in [2.05, 4.69) is 34.6 Å². The molecule has 2 aliphatic carbocycles. The smallest absolute Gasteiger partial charge is 0.0266 e. The fourth-order valence-corrected chi connectivity index (χ4v) is 4.46. The van der Waals surface area contributed by atoms with Gasteiger partial charge >= 0.3 is 0 Å². The van der Waals surface area contributed by atoms with Crippen LogP contribution in [-0.2, 0) is 0 Å². The molecule has 2 fully saturated rings. The van der Waals surface area contributed by atoms with E-state index in [1.54, 1.807) is 12.8 Å². The van der Waals surface area contributed by atoms with Crippen molar-refractivity contribution in [3.63, 3.8) is 0 Å². The van der Waals surface area contributed by atoms with Gasteiger partial charge < -0.3 is 0 Å². The van der Waals surface area contributed by atoms with Crippen LogP contribution < -0.4 is 0 Å². The van der Waals surface area contributed by atoms with Crippen LogP contribution in [0.2, 0.25) is 0 Å². The second-order valence-electron chi connectivity index (χ2n) is 7.66. The van der Waals surface area contributed by atoms with Gasteiger partial charge in [-0.25, -0.2) is 0 Å². The van der Waals surface area contributed by atoms with Crippen LogP contribution >= 0.6 is 0 Å². The molecule has 100 valence electrons. The Labute approximate surface area is 109 Å². The molecule has 0 heterocycles. The minimum atomic E-state index is 0.724. The Morgan fingerprint density at radius 3 is 2.18 bits per heavy atom. The van der Waals surface area contributed by atoms with E-state index in [1.807, 2.05) is 0 Å². The van der Waals surface area contributed by atoms with E-state index in [0.717, 1.165) is 35.0 Å². The zero-order valence-electron chi connectivity index (χ0n) is 12.6. The molecule has 2 rings (SSSR count). The van der Waals surface area contributed by atoms with Crippen LogP contribution in [0, 0.1) is 35.0 Å². The molecule has 0 aromatic carbocycles. The predicted octanol–water partition coefficient (Wildman–Crippen LogP) is 5.52. The van der Waals surface area contributed by atoms with Crippen LogP contribution in [0.15, 0.2) is 0 Å². The molecule has 0 N–H and O–H groups in total. The van der Waals surface area contributed by atoms with E-state index in [1.165, 1.54) is 25.7 Å². The van der Waals surface area contributed by atoms with Gasteiger partial charge in [-0.1, -0.05) is 47.5 Å². The molecule has 3 unspecified atom stereocenters. The van der Waals surface area contributed by atoms with Crippen molar-refractivity contribution >= 4 is 0 Å². The van der Waals surface area contributed by atoms with E-state index >= 15 is 0 Å². The van der Waals surface area contributed by atoms with E-state index < -0.39 is 0 Å². The first-order chi connectivity index (χ1) is 7.98. The molecule has 2 aliphatic rings. The Hall–Kier alpha value is 0. The second kappa shape index (κ2) is 4.94. The molecule has 0 heteroatoms. The van der Waals surface area contributed by atoms with Gasteiger partial charge in [-0.15, -0.1) is 0 Å². The summed E-state index contributed by atoms with van der Waals surface area (Å²) < 4.78 is 0. The number of hydrogen-bond acceptors (Lipinski definition) is 0. The molecule has 0 amide bonds. The zero-order valence-corrected chi connectivity index (χ0v) is 12.6. The fourth-order valence-electron chi connectivity index (χ4n) is 4.46. The summed E-state index contributed by atoms with van der Waals surface area (Å²) in [5.74, 6) is 5.11. The van der Waals surface area contributed by atoms with Gasteiger partial charge in [0.1, 0.15) is 0 Å². The lowest BCUT2D eigenvalue weighted by Crippen LogP contribution is -2.43. The predicted molar refractivity (Wildman–Crippen MR) is 76.0 cm³/mol. The van der Waals surface area contributed by atoms with Crippen LogP contribution in [-0.4, -0.2) is 0 Å². The van der Waals surface area contributed by atoms with Crippen molar-refractivity contribution in [2.45, 2.75) is 73.1 Å². The topological polar surface area (TPSA) is 0 Å². The SMILES string of the molecule is CCCC(C)CC1(C(C)C)CC(C2CC2C)C1. The highest BCUT2D eigenvalue weighted by atomic mass is 14.6. The summed E-state index contributed by atoms with van der Waals surface area (Å²) >= 11 is 0. The lowest BCUT2D eigenvalue weighted by atomic mass is 9.52. The first kappa shape index (κ1) is 13.4. The van der Waals surface area contributed by atoms with Gasteiger partial charge in [0.05, 0.1) is 0 Å². The van der Waals surface area contributed by atoms with Gasteiger partial charge in [0, 0.05) is 0 Å². The van der Waals surface area contributed by atoms with Crippen molar-refractivity contribution in [3.8, 4) is 0 Å². The molecule has 0 nitrogen and oxygen atoms in total. The summed E-state index contributed by atoms with van der Waals surface area (Å²) in [4.78, 5) is 0. The number of hydrogen-bond donors (Lipinski definition) is 0. The molecule has 0 aromatic rings.